The predicted octanol–water partition coefficient (Wildman–Crippen LogP) is 7.21. The molecular formula is C29H38BrNO4. The van der Waals surface area contributed by atoms with Crippen LogP contribution in [0.4, 0.5) is 4.79 Å². The summed E-state index contributed by atoms with van der Waals surface area (Å²) in [6, 6.07) is 12.3. The van der Waals surface area contributed by atoms with E-state index in [1.807, 2.05) is 23.1 Å². The van der Waals surface area contributed by atoms with Gasteiger partial charge in [0.05, 0.1) is 20.3 Å². The van der Waals surface area contributed by atoms with Gasteiger partial charge in [0.1, 0.15) is 6.10 Å². The van der Waals surface area contributed by atoms with Crippen molar-refractivity contribution in [3.8, 4) is 11.5 Å². The number of ether oxygens (including phenoxy) is 3. The summed E-state index contributed by atoms with van der Waals surface area (Å²) in [6.45, 7) is 7.38. The molecule has 0 bridgehead atoms. The quantitative estimate of drug-likeness (QED) is 0.386. The van der Waals surface area contributed by atoms with Gasteiger partial charge in [-0.2, -0.15) is 0 Å². The van der Waals surface area contributed by atoms with Crippen molar-refractivity contribution in [3.05, 3.63) is 57.6 Å². The Morgan fingerprint density at radius 3 is 2.43 bits per heavy atom. The van der Waals surface area contributed by atoms with Crippen LogP contribution in [-0.4, -0.2) is 37.9 Å². The number of halogens is 1. The van der Waals surface area contributed by atoms with E-state index in [4.69, 9.17) is 14.2 Å². The van der Waals surface area contributed by atoms with Gasteiger partial charge in [-0.1, -0.05) is 55.3 Å². The van der Waals surface area contributed by atoms with Crippen LogP contribution < -0.4 is 9.47 Å². The summed E-state index contributed by atoms with van der Waals surface area (Å²) in [4.78, 5) is 15.7. The maximum Gasteiger partial charge on any atom is 0.410 e. The normalized spacial score (nSPS) is 24.1. The Morgan fingerprint density at radius 1 is 1.09 bits per heavy atom. The first kappa shape index (κ1) is 25.9. The molecular weight excluding hydrogens is 506 g/mol. The van der Waals surface area contributed by atoms with E-state index in [0.717, 1.165) is 35.0 Å². The van der Waals surface area contributed by atoms with E-state index in [0.29, 0.717) is 36.5 Å². The van der Waals surface area contributed by atoms with Gasteiger partial charge in [0, 0.05) is 11.0 Å². The average molecular weight is 545 g/mol. The van der Waals surface area contributed by atoms with Gasteiger partial charge in [0.2, 0.25) is 0 Å². The maximum atomic E-state index is 13.7. The molecule has 4 rings (SSSR count). The van der Waals surface area contributed by atoms with Crippen molar-refractivity contribution in [1.82, 2.24) is 4.90 Å². The fraction of sp³-hybridized carbons (Fsp3) is 0.552. The fourth-order valence-corrected chi connectivity index (χ4v) is 6.02. The summed E-state index contributed by atoms with van der Waals surface area (Å²) in [5, 5.41) is 0. The number of hydrogen-bond acceptors (Lipinski definition) is 4. The number of fused-ring (bicyclic) bond motifs is 1. The van der Waals surface area contributed by atoms with E-state index in [1.54, 1.807) is 14.2 Å². The van der Waals surface area contributed by atoms with Crippen LogP contribution >= 0.6 is 15.9 Å². The van der Waals surface area contributed by atoms with Crippen molar-refractivity contribution in [3.63, 3.8) is 0 Å². The fourth-order valence-electron chi connectivity index (χ4n) is 5.76. The predicted molar refractivity (Wildman–Crippen MR) is 142 cm³/mol. The van der Waals surface area contributed by atoms with Crippen LogP contribution in [0.2, 0.25) is 0 Å². The van der Waals surface area contributed by atoms with Crippen LogP contribution in [0.1, 0.15) is 62.8 Å². The molecule has 0 N–H and O–H groups in total. The molecule has 0 spiro atoms. The molecule has 2 aromatic rings. The Hall–Kier alpha value is -2.21. The van der Waals surface area contributed by atoms with Crippen LogP contribution in [0.5, 0.6) is 11.5 Å². The summed E-state index contributed by atoms with van der Waals surface area (Å²) in [6.07, 6.45) is 4.53. The van der Waals surface area contributed by atoms with Gasteiger partial charge in [-0.15, -0.1) is 0 Å². The number of carbonyl (C=O) groups is 1. The number of amides is 1. The molecule has 35 heavy (non-hydrogen) atoms. The standard InChI is InChI=1S/C29H38BrNO4/c1-18(2)23-11-6-19(3)14-26(23)35-29(32)31-13-12-21-16-27(33-4)28(34-5)17-24(21)25(31)15-20-7-9-22(30)10-8-20/h7-10,16-19,23,25-26H,6,11-15H2,1-5H3/t19-,23+,25?,26?/m0/s1. The van der Waals surface area contributed by atoms with Crippen molar-refractivity contribution in [2.45, 2.75) is 65.0 Å². The molecule has 1 fully saturated rings. The van der Waals surface area contributed by atoms with Gasteiger partial charge in [0.25, 0.3) is 0 Å². The van der Waals surface area contributed by atoms with Crippen molar-refractivity contribution in [1.29, 1.82) is 0 Å². The molecule has 1 amide bonds. The second-order valence-corrected chi connectivity index (χ2v) is 11.4. The van der Waals surface area contributed by atoms with Crippen LogP contribution in [0.3, 0.4) is 0 Å². The highest BCUT2D eigenvalue weighted by Gasteiger charge is 2.38. The van der Waals surface area contributed by atoms with Gasteiger partial charge < -0.3 is 19.1 Å². The lowest BCUT2D eigenvalue weighted by Crippen LogP contribution is -2.45. The molecule has 1 aliphatic heterocycles. The van der Waals surface area contributed by atoms with Crippen molar-refractivity contribution < 1.29 is 19.0 Å². The molecule has 0 aromatic heterocycles. The van der Waals surface area contributed by atoms with E-state index in [9.17, 15) is 4.79 Å². The van der Waals surface area contributed by atoms with Crippen LogP contribution in [0.15, 0.2) is 40.9 Å². The van der Waals surface area contributed by atoms with Crippen LogP contribution in [-0.2, 0) is 17.6 Å². The molecule has 2 aliphatic rings. The second-order valence-electron chi connectivity index (χ2n) is 10.4. The number of methoxy groups -OCH3 is 2. The number of carbonyl (C=O) groups excluding carboxylic acids is 1. The first-order valence-corrected chi connectivity index (χ1v) is 13.6. The van der Waals surface area contributed by atoms with Crippen molar-refractivity contribution in [2.24, 2.45) is 17.8 Å². The van der Waals surface area contributed by atoms with E-state index in [2.05, 4.69) is 54.9 Å². The zero-order valence-electron chi connectivity index (χ0n) is 21.6. The van der Waals surface area contributed by atoms with Crippen molar-refractivity contribution >= 4 is 22.0 Å². The summed E-state index contributed by atoms with van der Waals surface area (Å²) in [5.74, 6) is 2.91. The minimum Gasteiger partial charge on any atom is -0.493 e. The third-order valence-electron chi connectivity index (χ3n) is 7.79. The van der Waals surface area contributed by atoms with E-state index < -0.39 is 0 Å². The molecule has 2 unspecified atom stereocenters. The SMILES string of the molecule is COc1cc2c(cc1OC)C(Cc1ccc(Br)cc1)N(C(=O)OC1C[C@@H](C)CC[C@@H]1C(C)C)CC2. The Balaban J connectivity index is 1.65. The summed E-state index contributed by atoms with van der Waals surface area (Å²) < 4.78 is 18.5. The number of rotatable bonds is 6. The molecule has 5 nitrogen and oxygen atoms in total. The largest absolute Gasteiger partial charge is 0.493 e. The third-order valence-corrected chi connectivity index (χ3v) is 8.32. The van der Waals surface area contributed by atoms with Gasteiger partial charge in [-0.25, -0.2) is 4.79 Å². The molecule has 6 heteroatoms. The molecule has 1 heterocycles. The number of hydrogen-bond donors (Lipinski definition) is 0. The Morgan fingerprint density at radius 2 is 1.77 bits per heavy atom. The van der Waals surface area contributed by atoms with Gasteiger partial charge in [0.15, 0.2) is 11.5 Å². The zero-order chi connectivity index (χ0) is 25.1. The minimum absolute atomic E-state index is 0.0219. The lowest BCUT2D eigenvalue weighted by atomic mass is 9.75. The Bertz CT molecular complexity index is 1020. The average Bonchev–Trinajstić information content (AvgIpc) is 2.84. The molecule has 190 valence electrons. The van der Waals surface area contributed by atoms with Crippen molar-refractivity contribution in [2.75, 3.05) is 20.8 Å². The first-order chi connectivity index (χ1) is 16.8. The zero-order valence-corrected chi connectivity index (χ0v) is 23.1. The van der Waals surface area contributed by atoms with Crippen LogP contribution in [0, 0.1) is 17.8 Å². The van der Waals surface area contributed by atoms with E-state index in [1.165, 1.54) is 17.5 Å². The molecule has 1 aliphatic carbocycles. The number of nitrogens with zero attached hydrogens (tertiary/aromatic N) is 1. The highest BCUT2D eigenvalue weighted by Crippen LogP contribution is 2.41. The molecule has 2 aromatic carbocycles. The smallest absolute Gasteiger partial charge is 0.410 e. The Labute approximate surface area is 218 Å². The summed E-state index contributed by atoms with van der Waals surface area (Å²) in [7, 11) is 3.31. The molecule has 0 radical (unpaired) electrons. The first-order valence-electron chi connectivity index (χ1n) is 12.8. The molecule has 0 saturated heterocycles. The highest BCUT2D eigenvalue weighted by molar-refractivity contribution is 9.10. The lowest BCUT2D eigenvalue weighted by Gasteiger charge is -2.41. The maximum absolute atomic E-state index is 13.7. The third kappa shape index (κ3) is 5.79. The summed E-state index contributed by atoms with van der Waals surface area (Å²) >= 11 is 3.53. The van der Waals surface area contributed by atoms with Gasteiger partial charge in [-0.3, -0.25) is 0 Å². The minimum atomic E-state index is -0.197. The summed E-state index contributed by atoms with van der Waals surface area (Å²) in [5.41, 5.74) is 3.47. The van der Waals surface area contributed by atoms with E-state index in [-0.39, 0.29) is 18.2 Å². The monoisotopic (exact) mass is 543 g/mol. The Kier molecular flexibility index (Phi) is 8.31. The molecule has 4 atom stereocenters. The molecule has 1 saturated carbocycles. The van der Waals surface area contributed by atoms with Gasteiger partial charge >= 0.3 is 6.09 Å². The van der Waals surface area contributed by atoms with Gasteiger partial charge in [-0.05, 0) is 84.4 Å². The number of benzene rings is 2. The lowest BCUT2D eigenvalue weighted by molar-refractivity contribution is -0.0167. The van der Waals surface area contributed by atoms with E-state index >= 15 is 0 Å². The highest BCUT2D eigenvalue weighted by atomic mass is 79.9. The second kappa shape index (κ2) is 11.2. The topological polar surface area (TPSA) is 48.0 Å². The van der Waals surface area contributed by atoms with Crippen LogP contribution in [0.25, 0.3) is 0 Å².